The van der Waals surface area contributed by atoms with Crippen molar-refractivity contribution in [3.63, 3.8) is 0 Å². The molecule has 0 fully saturated rings. The lowest BCUT2D eigenvalue weighted by molar-refractivity contribution is 0.146. The molecule has 3 aromatic heterocycles. The zero-order chi connectivity index (χ0) is 26.7. The molecule has 0 atom stereocenters. The second kappa shape index (κ2) is 10.2. The van der Waals surface area contributed by atoms with E-state index in [2.05, 4.69) is 31.3 Å². The third-order valence-electron chi connectivity index (χ3n) is 5.69. The number of hydrogen-bond donors (Lipinski definition) is 2. The van der Waals surface area contributed by atoms with Crippen molar-refractivity contribution in [2.24, 2.45) is 0 Å². The van der Waals surface area contributed by atoms with Crippen molar-refractivity contribution < 1.29 is 13.2 Å². The van der Waals surface area contributed by atoms with Gasteiger partial charge >= 0.3 is 0 Å². The molecule has 0 spiro atoms. The lowest BCUT2D eigenvalue weighted by atomic mass is 9.91. The molecule has 4 aromatic rings. The second-order valence-corrected chi connectivity index (χ2v) is 8.99. The third-order valence-corrected chi connectivity index (χ3v) is 5.69. The molecule has 0 unspecified atom stereocenters. The van der Waals surface area contributed by atoms with E-state index >= 15 is 0 Å². The van der Waals surface area contributed by atoms with Crippen molar-refractivity contribution in [1.82, 2.24) is 19.9 Å². The van der Waals surface area contributed by atoms with Gasteiger partial charge in [0.25, 0.3) is 6.43 Å². The second-order valence-electron chi connectivity index (χ2n) is 8.99. The predicted octanol–water partition coefficient (Wildman–Crippen LogP) is 5.98. The number of rotatable bonds is 7. The van der Waals surface area contributed by atoms with E-state index in [1.54, 1.807) is 45.0 Å². The van der Waals surface area contributed by atoms with Crippen molar-refractivity contribution in [1.29, 1.82) is 5.26 Å². The number of aryl methyl sites for hydroxylation is 1. The summed E-state index contributed by atoms with van der Waals surface area (Å²) in [6, 6.07) is 16.1. The summed E-state index contributed by atoms with van der Waals surface area (Å²) >= 11 is 0. The average molecular weight is 504 g/mol. The lowest BCUT2D eigenvalue weighted by Gasteiger charge is -2.18. The summed E-state index contributed by atoms with van der Waals surface area (Å²) in [6.07, 6.45) is -2.78. The molecular formula is C27H24F3N7. The van der Waals surface area contributed by atoms with Crippen LogP contribution in [0.2, 0.25) is 0 Å². The number of pyridine rings is 2. The Kier molecular flexibility index (Phi) is 7.07. The van der Waals surface area contributed by atoms with Crippen molar-refractivity contribution >= 4 is 11.8 Å². The number of hydrogen-bond acceptors (Lipinski definition) is 7. The minimum atomic E-state index is -2.78. The number of nitrogens with one attached hydrogen (secondary N) is 1. The number of nitriles is 1. The molecule has 0 aliphatic heterocycles. The Hall–Kier alpha value is -4.52. The number of nitrogens with two attached hydrogens (primary N) is 1. The first-order valence-electron chi connectivity index (χ1n) is 11.4. The van der Waals surface area contributed by atoms with Crippen LogP contribution in [-0.4, -0.2) is 19.9 Å². The number of nitrogen functional groups attached to an aromatic ring is 1. The Morgan fingerprint density at radius 2 is 1.73 bits per heavy atom. The van der Waals surface area contributed by atoms with Gasteiger partial charge in [0.05, 0.1) is 40.7 Å². The van der Waals surface area contributed by atoms with Crippen molar-refractivity contribution in [2.75, 3.05) is 11.1 Å². The maximum absolute atomic E-state index is 13.6. The van der Waals surface area contributed by atoms with Gasteiger partial charge in [-0.25, -0.2) is 18.2 Å². The Morgan fingerprint density at radius 3 is 2.41 bits per heavy atom. The highest BCUT2D eigenvalue weighted by molar-refractivity contribution is 5.89. The molecule has 1 aromatic carbocycles. The topological polar surface area (TPSA) is 113 Å². The number of anilines is 2. The quantitative estimate of drug-likeness (QED) is 0.319. The first-order chi connectivity index (χ1) is 17.6. The molecule has 0 saturated heterocycles. The molecule has 0 aliphatic carbocycles. The molecule has 10 heteroatoms. The molecule has 4 rings (SSSR count). The van der Waals surface area contributed by atoms with Gasteiger partial charge in [0, 0.05) is 11.3 Å². The minimum absolute atomic E-state index is 0.0576. The van der Waals surface area contributed by atoms with Crippen LogP contribution in [0.15, 0.2) is 54.6 Å². The highest BCUT2D eigenvalue weighted by Gasteiger charge is 2.23. The van der Waals surface area contributed by atoms with Gasteiger partial charge in [0.15, 0.2) is 0 Å². The SMILES string of the molecule is Cc1cc(-c2c(NCc3cccc(C(C)(C)C#N)n3)nc(N)nc2-c2ccc(F)cc2)cc(C(F)F)n1. The summed E-state index contributed by atoms with van der Waals surface area (Å²) in [5.41, 5.74) is 8.15. The standard InChI is InChI=1S/C27H24F3N7/c1-15-11-17(12-20(34-15)24(29)30)22-23(16-7-9-18(28)10-8-16)36-26(32)37-25(22)33-13-19-5-4-6-21(35-19)27(2,3)14-31/h4-12,24H,13H2,1-3H3,(H3,32,33,36,37). The first-order valence-corrected chi connectivity index (χ1v) is 11.4. The van der Waals surface area contributed by atoms with Crippen LogP contribution in [0.3, 0.4) is 0 Å². The summed E-state index contributed by atoms with van der Waals surface area (Å²) in [5, 5.41) is 12.7. The van der Waals surface area contributed by atoms with Crippen LogP contribution in [0.25, 0.3) is 22.4 Å². The van der Waals surface area contributed by atoms with Gasteiger partial charge in [0.1, 0.15) is 17.3 Å². The fourth-order valence-corrected chi connectivity index (χ4v) is 3.80. The molecule has 0 amide bonds. The summed E-state index contributed by atoms with van der Waals surface area (Å²) in [6.45, 7) is 5.37. The Morgan fingerprint density at radius 1 is 1.00 bits per heavy atom. The van der Waals surface area contributed by atoms with E-state index < -0.39 is 23.4 Å². The Labute approximate surface area is 212 Å². The predicted molar refractivity (Wildman–Crippen MR) is 135 cm³/mol. The van der Waals surface area contributed by atoms with Gasteiger partial charge in [0.2, 0.25) is 5.95 Å². The molecule has 7 nitrogen and oxygen atoms in total. The number of nitrogens with zero attached hydrogens (tertiary/aromatic N) is 5. The van der Waals surface area contributed by atoms with Crippen molar-refractivity contribution in [2.45, 2.75) is 39.2 Å². The maximum Gasteiger partial charge on any atom is 0.280 e. The fraction of sp³-hybridized carbons (Fsp3) is 0.222. The molecule has 0 bridgehead atoms. The van der Waals surface area contributed by atoms with Crippen molar-refractivity contribution in [3.05, 3.63) is 83.2 Å². The van der Waals surface area contributed by atoms with Gasteiger partial charge in [-0.2, -0.15) is 10.2 Å². The molecule has 0 saturated carbocycles. The Balaban J connectivity index is 1.85. The molecule has 3 heterocycles. The highest BCUT2D eigenvalue weighted by atomic mass is 19.3. The average Bonchev–Trinajstić information content (AvgIpc) is 2.87. The van der Waals surface area contributed by atoms with E-state index in [0.717, 1.165) is 0 Å². The zero-order valence-corrected chi connectivity index (χ0v) is 20.4. The van der Waals surface area contributed by atoms with E-state index in [1.807, 2.05) is 0 Å². The zero-order valence-electron chi connectivity index (χ0n) is 20.4. The number of alkyl halides is 2. The summed E-state index contributed by atoms with van der Waals surface area (Å²) in [7, 11) is 0. The fourth-order valence-electron chi connectivity index (χ4n) is 3.80. The monoisotopic (exact) mass is 503 g/mol. The molecule has 37 heavy (non-hydrogen) atoms. The van der Waals surface area contributed by atoms with Crippen LogP contribution < -0.4 is 11.1 Å². The van der Waals surface area contributed by atoms with Gasteiger partial charge in [-0.15, -0.1) is 0 Å². The van der Waals surface area contributed by atoms with Crippen LogP contribution in [-0.2, 0) is 12.0 Å². The molecule has 0 aliphatic rings. The first kappa shape index (κ1) is 25.6. The highest BCUT2D eigenvalue weighted by Crippen LogP contribution is 2.38. The van der Waals surface area contributed by atoms with Crippen LogP contribution >= 0.6 is 0 Å². The molecule has 3 N–H and O–H groups in total. The number of aromatic nitrogens is 4. The maximum atomic E-state index is 13.6. The van der Waals surface area contributed by atoms with Crippen molar-refractivity contribution in [3.8, 4) is 28.5 Å². The summed E-state index contributed by atoms with van der Waals surface area (Å²) in [5.74, 6) is -0.209. The molecule has 0 radical (unpaired) electrons. The van der Waals surface area contributed by atoms with Gasteiger partial charge in [-0.05, 0) is 74.9 Å². The van der Waals surface area contributed by atoms with E-state index in [1.165, 1.54) is 30.3 Å². The largest absolute Gasteiger partial charge is 0.368 e. The Bertz CT molecular complexity index is 1480. The summed E-state index contributed by atoms with van der Waals surface area (Å²) in [4.78, 5) is 17.2. The van der Waals surface area contributed by atoms with E-state index in [4.69, 9.17) is 5.73 Å². The van der Waals surface area contributed by atoms with Crippen LogP contribution in [0.1, 0.15) is 43.0 Å². The summed E-state index contributed by atoms with van der Waals surface area (Å²) < 4.78 is 40.9. The molecule has 188 valence electrons. The van der Waals surface area contributed by atoms with E-state index in [-0.39, 0.29) is 18.3 Å². The van der Waals surface area contributed by atoms with Crippen LogP contribution in [0.4, 0.5) is 24.9 Å². The van der Waals surface area contributed by atoms with Gasteiger partial charge in [-0.3, -0.25) is 9.97 Å². The normalized spacial score (nSPS) is 11.4. The lowest BCUT2D eigenvalue weighted by Crippen LogP contribution is -2.17. The van der Waals surface area contributed by atoms with Gasteiger partial charge in [-0.1, -0.05) is 6.07 Å². The van der Waals surface area contributed by atoms with Gasteiger partial charge < -0.3 is 11.1 Å². The minimum Gasteiger partial charge on any atom is -0.368 e. The van der Waals surface area contributed by atoms with Crippen LogP contribution in [0, 0.1) is 24.1 Å². The number of halogens is 3. The van der Waals surface area contributed by atoms with E-state index in [0.29, 0.717) is 39.5 Å². The smallest absolute Gasteiger partial charge is 0.280 e. The van der Waals surface area contributed by atoms with E-state index in [9.17, 15) is 18.4 Å². The van der Waals surface area contributed by atoms with Crippen LogP contribution in [0.5, 0.6) is 0 Å². The molecular weight excluding hydrogens is 479 g/mol. The third kappa shape index (κ3) is 5.67. The number of benzene rings is 1.